The van der Waals surface area contributed by atoms with Crippen LogP contribution in [0, 0.1) is 5.92 Å². The maximum atomic E-state index is 13.2. The Labute approximate surface area is 229 Å². The molecule has 0 bridgehead atoms. The molecule has 3 aromatic rings. The first-order valence-electron chi connectivity index (χ1n) is 11.7. The van der Waals surface area contributed by atoms with Crippen LogP contribution in [-0.4, -0.2) is 25.4 Å². The quantitative estimate of drug-likeness (QED) is 0.230. The standard InChI is InChI=1S/C26H25Cl2N3O6S/c27-17-6-10-24(20(29)13-17)38(35,36)31-21-14-18(30-26(34)16-3-1-2-4-16)7-9-23(21)37-22-8-5-15(11-19(22)28)12-25(32)33/h5-11,13-14,16,31H,1-4,12,29H2,(H,30,34)(H,32,33). The van der Waals surface area contributed by atoms with Crippen molar-refractivity contribution in [3.63, 3.8) is 0 Å². The maximum Gasteiger partial charge on any atom is 0.307 e. The normalized spacial score (nSPS) is 13.7. The second kappa shape index (κ2) is 11.5. The number of anilines is 3. The van der Waals surface area contributed by atoms with E-state index in [1.165, 1.54) is 42.5 Å². The minimum Gasteiger partial charge on any atom is -0.481 e. The Kier molecular flexibility index (Phi) is 8.35. The van der Waals surface area contributed by atoms with Gasteiger partial charge in [0.1, 0.15) is 10.6 Å². The number of hydrogen-bond acceptors (Lipinski definition) is 6. The highest BCUT2D eigenvalue weighted by Crippen LogP contribution is 2.38. The Hall–Kier alpha value is -3.47. The lowest BCUT2D eigenvalue weighted by molar-refractivity contribution is -0.136. The Morgan fingerprint density at radius 2 is 1.71 bits per heavy atom. The van der Waals surface area contributed by atoms with E-state index >= 15 is 0 Å². The van der Waals surface area contributed by atoms with E-state index in [1.807, 2.05) is 0 Å². The zero-order valence-corrected chi connectivity index (χ0v) is 22.4. The summed E-state index contributed by atoms with van der Waals surface area (Å²) in [5, 5.41) is 12.3. The number of benzene rings is 3. The van der Waals surface area contributed by atoms with Crippen LogP contribution < -0.4 is 20.5 Å². The molecule has 1 saturated carbocycles. The predicted octanol–water partition coefficient (Wildman–Crippen LogP) is 5.92. The largest absolute Gasteiger partial charge is 0.481 e. The van der Waals surface area contributed by atoms with Crippen LogP contribution in [0.15, 0.2) is 59.5 Å². The van der Waals surface area contributed by atoms with Crippen molar-refractivity contribution in [3.05, 3.63) is 70.2 Å². The van der Waals surface area contributed by atoms with E-state index in [9.17, 15) is 18.0 Å². The summed E-state index contributed by atoms with van der Waals surface area (Å²) in [6.07, 6.45) is 3.37. The molecule has 0 aromatic heterocycles. The number of nitrogen functional groups attached to an aromatic ring is 1. The van der Waals surface area contributed by atoms with E-state index in [4.69, 9.17) is 38.8 Å². The number of nitrogens with one attached hydrogen (secondary N) is 2. The molecule has 3 aromatic carbocycles. The molecule has 12 heteroatoms. The van der Waals surface area contributed by atoms with Crippen molar-refractivity contribution < 1.29 is 27.9 Å². The number of ether oxygens (including phenoxy) is 1. The number of carbonyl (C=O) groups excluding carboxylic acids is 1. The SMILES string of the molecule is Nc1cc(Cl)ccc1S(=O)(=O)Nc1cc(NC(=O)C2CCCC2)ccc1Oc1ccc(CC(=O)O)cc1Cl. The second-order valence-electron chi connectivity index (χ2n) is 8.91. The average Bonchev–Trinajstić information content (AvgIpc) is 3.37. The molecule has 9 nitrogen and oxygen atoms in total. The van der Waals surface area contributed by atoms with Crippen molar-refractivity contribution in [2.75, 3.05) is 15.8 Å². The van der Waals surface area contributed by atoms with Crippen molar-refractivity contribution in [2.24, 2.45) is 5.92 Å². The molecule has 0 unspecified atom stereocenters. The van der Waals surface area contributed by atoms with Crippen LogP contribution in [0.3, 0.4) is 0 Å². The molecular formula is C26H25Cl2N3O6S. The smallest absolute Gasteiger partial charge is 0.307 e. The third-order valence-electron chi connectivity index (χ3n) is 6.05. The summed E-state index contributed by atoms with van der Waals surface area (Å²) in [7, 11) is -4.19. The fraction of sp³-hybridized carbons (Fsp3) is 0.231. The first-order chi connectivity index (χ1) is 18.0. The van der Waals surface area contributed by atoms with E-state index < -0.39 is 16.0 Å². The number of carboxylic acid groups (broad SMARTS) is 1. The van der Waals surface area contributed by atoms with Crippen molar-refractivity contribution in [1.29, 1.82) is 0 Å². The Bertz CT molecular complexity index is 1490. The highest BCUT2D eigenvalue weighted by molar-refractivity contribution is 7.92. The van der Waals surface area contributed by atoms with Gasteiger partial charge < -0.3 is 20.9 Å². The molecular weight excluding hydrogens is 553 g/mol. The molecule has 0 saturated heterocycles. The summed E-state index contributed by atoms with van der Waals surface area (Å²) in [6.45, 7) is 0. The first-order valence-corrected chi connectivity index (χ1v) is 14.0. The molecule has 1 amide bonds. The summed E-state index contributed by atoms with van der Waals surface area (Å²) in [5.41, 5.74) is 6.73. The van der Waals surface area contributed by atoms with Gasteiger partial charge >= 0.3 is 5.97 Å². The number of carboxylic acids is 1. The topological polar surface area (TPSA) is 148 Å². The van der Waals surface area contributed by atoms with Gasteiger partial charge in [-0.3, -0.25) is 14.3 Å². The lowest BCUT2D eigenvalue weighted by atomic mass is 10.1. The van der Waals surface area contributed by atoms with Crippen LogP contribution in [0.2, 0.25) is 10.0 Å². The highest BCUT2D eigenvalue weighted by atomic mass is 35.5. The van der Waals surface area contributed by atoms with Crippen LogP contribution in [0.4, 0.5) is 17.1 Å². The number of rotatable bonds is 9. The summed E-state index contributed by atoms with van der Waals surface area (Å²) in [6, 6.07) is 13.0. The van der Waals surface area contributed by atoms with Gasteiger partial charge in [-0.25, -0.2) is 8.42 Å². The summed E-state index contributed by atoms with van der Waals surface area (Å²) < 4.78 is 34.9. The van der Waals surface area contributed by atoms with Gasteiger partial charge in [-0.05, 0) is 66.9 Å². The predicted molar refractivity (Wildman–Crippen MR) is 147 cm³/mol. The van der Waals surface area contributed by atoms with Crippen molar-refractivity contribution in [2.45, 2.75) is 37.0 Å². The molecule has 0 aliphatic heterocycles. The Morgan fingerprint density at radius 3 is 2.37 bits per heavy atom. The lowest BCUT2D eigenvalue weighted by Crippen LogP contribution is -2.20. The minimum atomic E-state index is -4.19. The van der Waals surface area contributed by atoms with Gasteiger partial charge in [0.25, 0.3) is 10.0 Å². The average molecular weight is 578 g/mol. The van der Waals surface area contributed by atoms with Gasteiger partial charge in [-0.2, -0.15) is 0 Å². The molecule has 200 valence electrons. The number of carbonyl (C=O) groups is 2. The number of sulfonamides is 1. The highest BCUT2D eigenvalue weighted by Gasteiger charge is 2.24. The molecule has 1 aliphatic rings. The van der Waals surface area contributed by atoms with Gasteiger partial charge in [0.05, 0.1) is 22.8 Å². The van der Waals surface area contributed by atoms with Gasteiger partial charge in [0.15, 0.2) is 5.75 Å². The number of nitrogens with two attached hydrogens (primary N) is 1. The second-order valence-corrected chi connectivity index (χ2v) is 11.4. The van der Waals surface area contributed by atoms with E-state index in [2.05, 4.69) is 10.0 Å². The van der Waals surface area contributed by atoms with Crippen LogP contribution in [0.5, 0.6) is 11.5 Å². The maximum absolute atomic E-state index is 13.2. The summed E-state index contributed by atoms with van der Waals surface area (Å²) in [4.78, 5) is 23.5. The molecule has 38 heavy (non-hydrogen) atoms. The molecule has 0 heterocycles. The first kappa shape index (κ1) is 27.6. The lowest BCUT2D eigenvalue weighted by Gasteiger charge is -2.17. The molecule has 1 fully saturated rings. The molecule has 0 radical (unpaired) electrons. The third kappa shape index (κ3) is 6.69. The fourth-order valence-electron chi connectivity index (χ4n) is 4.20. The zero-order valence-electron chi connectivity index (χ0n) is 20.0. The van der Waals surface area contributed by atoms with E-state index in [0.29, 0.717) is 11.3 Å². The van der Waals surface area contributed by atoms with E-state index in [1.54, 1.807) is 12.1 Å². The number of aliphatic carboxylic acids is 1. The van der Waals surface area contributed by atoms with Gasteiger partial charge in [-0.1, -0.05) is 42.1 Å². The number of hydrogen-bond donors (Lipinski definition) is 4. The third-order valence-corrected chi connectivity index (χ3v) is 8.02. The fourth-order valence-corrected chi connectivity index (χ4v) is 5.80. The Morgan fingerprint density at radius 1 is 1.00 bits per heavy atom. The minimum absolute atomic E-state index is 0.0225. The molecule has 4 rings (SSSR count). The van der Waals surface area contributed by atoms with Gasteiger partial charge in [0.2, 0.25) is 5.91 Å². The van der Waals surface area contributed by atoms with Crippen molar-refractivity contribution in [1.82, 2.24) is 0 Å². The van der Waals surface area contributed by atoms with Crippen molar-refractivity contribution in [3.8, 4) is 11.5 Å². The molecule has 0 spiro atoms. The summed E-state index contributed by atoms with van der Waals surface area (Å²) >= 11 is 12.2. The zero-order chi connectivity index (χ0) is 27.4. The van der Waals surface area contributed by atoms with Crippen LogP contribution >= 0.6 is 23.2 Å². The Balaban J connectivity index is 1.67. The van der Waals surface area contributed by atoms with E-state index in [0.717, 1.165) is 25.7 Å². The molecule has 0 atom stereocenters. The number of amides is 1. The summed E-state index contributed by atoms with van der Waals surface area (Å²) in [5.74, 6) is -0.974. The van der Waals surface area contributed by atoms with E-state index in [-0.39, 0.29) is 56.1 Å². The van der Waals surface area contributed by atoms with Crippen LogP contribution in [0.1, 0.15) is 31.2 Å². The van der Waals surface area contributed by atoms with Crippen LogP contribution in [-0.2, 0) is 26.0 Å². The van der Waals surface area contributed by atoms with Gasteiger partial charge in [-0.15, -0.1) is 0 Å². The number of halogens is 2. The molecule has 5 N–H and O–H groups in total. The monoisotopic (exact) mass is 577 g/mol. The van der Waals surface area contributed by atoms with Crippen molar-refractivity contribution >= 4 is 62.2 Å². The molecule has 1 aliphatic carbocycles. The van der Waals surface area contributed by atoms with Crippen LogP contribution in [0.25, 0.3) is 0 Å². The van der Waals surface area contributed by atoms with Gasteiger partial charge in [0, 0.05) is 16.6 Å².